The first-order valence-corrected chi connectivity index (χ1v) is 10.6. The average molecular weight is 384 g/mol. The van der Waals surface area contributed by atoms with Crippen LogP contribution in [0.2, 0.25) is 0 Å². The van der Waals surface area contributed by atoms with Crippen molar-refractivity contribution in [2.24, 2.45) is 0 Å². The summed E-state index contributed by atoms with van der Waals surface area (Å²) in [7, 11) is -4.57. The van der Waals surface area contributed by atoms with Crippen LogP contribution in [0.15, 0.2) is 47.4 Å². The molecule has 0 bridgehead atoms. The average Bonchev–Trinajstić information content (AvgIpc) is 2.53. The highest BCUT2D eigenvalue weighted by molar-refractivity contribution is 7.93. The third kappa shape index (κ3) is 4.23. The highest BCUT2D eigenvalue weighted by atomic mass is 32.2. The number of nitrogens with one attached hydrogen (secondary N) is 1. The second-order valence-corrected chi connectivity index (χ2v) is 9.15. The van der Waals surface area contributed by atoms with Gasteiger partial charge in [-0.1, -0.05) is 12.1 Å². The summed E-state index contributed by atoms with van der Waals surface area (Å²) in [6.07, 6.45) is 1.05. The number of hydrogen-bond acceptors (Lipinski definition) is 5. The number of aryl methyl sites for hydroxylation is 1. The predicted molar refractivity (Wildman–Crippen MR) is 98.2 cm³/mol. The van der Waals surface area contributed by atoms with Gasteiger partial charge < -0.3 is 4.74 Å². The van der Waals surface area contributed by atoms with Crippen LogP contribution >= 0.6 is 0 Å². The number of hydrogen-bond donors (Lipinski definition) is 1. The van der Waals surface area contributed by atoms with Gasteiger partial charge in [-0.15, -0.1) is 0 Å². The molecule has 7 nitrogen and oxygen atoms in total. The highest BCUT2D eigenvalue weighted by Crippen LogP contribution is 2.30. The van der Waals surface area contributed by atoms with E-state index in [-0.39, 0.29) is 16.3 Å². The van der Waals surface area contributed by atoms with E-state index in [4.69, 9.17) is 4.74 Å². The van der Waals surface area contributed by atoms with Crippen LogP contribution in [0.1, 0.15) is 5.56 Å². The van der Waals surface area contributed by atoms with Crippen molar-refractivity contribution in [2.75, 3.05) is 29.4 Å². The van der Waals surface area contributed by atoms with E-state index in [9.17, 15) is 16.8 Å². The van der Waals surface area contributed by atoms with Crippen molar-refractivity contribution < 1.29 is 21.6 Å². The molecule has 0 heterocycles. The van der Waals surface area contributed by atoms with Crippen molar-refractivity contribution in [1.82, 2.24) is 0 Å². The molecule has 0 saturated heterocycles. The van der Waals surface area contributed by atoms with Gasteiger partial charge in [-0.25, -0.2) is 16.8 Å². The molecule has 0 fully saturated rings. The van der Waals surface area contributed by atoms with Gasteiger partial charge in [-0.05, 0) is 42.8 Å². The Hall–Kier alpha value is -2.26. The number of benzene rings is 2. The number of ether oxygens (including phenoxy) is 1. The molecule has 2 rings (SSSR count). The van der Waals surface area contributed by atoms with Gasteiger partial charge in [0.2, 0.25) is 10.0 Å². The van der Waals surface area contributed by atoms with Gasteiger partial charge in [-0.2, -0.15) is 0 Å². The van der Waals surface area contributed by atoms with Crippen LogP contribution < -0.4 is 13.8 Å². The van der Waals surface area contributed by atoms with Gasteiger partial charge in [0.25, 0.3) is 10.0 Å². The Kier molecular flexibility index (Phi) is 5.28. The molecule has 0 aliphatic heterocycles. The minimum Gasteiger partial charge on any atom is -0.497 e. The number of anilines is 2. The van der Waals surface area contributed by atoms with Gasteiger partial charge >= 0.3 is 0 Å². The molecule has 25 heavy (non-hydrogen) atoms. The number of nitrogens with zero attached hydrogens (tertiary/aromatic N) is 1. The van der Waals surface area contributed by atoms with Crippen molar-refractivity contribution in [3.8, 4) is 5.75 Å². The fourth-order valence-electron chi connectivity index (χ4n) is 2.26. The molecule has 0 unspecified atom stereocenters. The Bertz CT molecular complexity index is 985. The first-order chi connectivity index (χ1) is 11.6. The number of sulfonamides is 2. The topological polar surface area (TPSA) is 92.8 Å². The number of methoxy groups -OCH3 is 1. The summed E-state index contributed by atoms with van der Waals surface area (Å²) in [5, 5.41) is 0. The third-order valence-corrected chi connectivity index (χ3v) is 6.37. The largest absolute Gasteiger partial charge is 0.497 e. The molecule has 0 aliphatic rings. The third-order valence-electron chi connectivity index (χ3n) is 3.66. The van der Waals surface area contributed by atoms with Crippen LogP contribution in [0.4, 0.5) is 11.4 Å². The minimum atomic E-state index is -3.90. The predicted octanol–water partition coefficient (Wildman–Crippen LogP) is 2.20. The summed E-state index contributed by atoms with van der Waals surface area (Å²) < 4.78 is 57.6. The molecule has 2 aromatic rings. The van der Waals surface area contributed by atoms with Crippen molar-refractivity contribution in [1.29, 1.82) is 0 Å². The summed E-state index contributed by atoms with van der Waals surface area (Å²) in [5.41, 5.74) is 0.922. The second-order valence-electron chi connectivity index (χ2n) is 5.48. The first kappa shape index (κ1) is 19.1. The van der Waals surface area contributed by atoms with Gasteiger partial charge in [0.15, 0.2) is 0 Å². The van der Waals surface area contributed by atoms with E-state index < -0.39 is 20.0 Å². The summed E-state index contributed by atoms with van der Waals surface area (Å²) in [6, 6.07) is 10.9. The van der Waals surface area contributed by atoms with Gasteiger partial charge in [0, 0.05) is 7.05 Å². The molecule has 0 spiro atoms. The Morgan fingerprint density at radius 2 is 1.68 bits per heavy atom. The lowest BCUT2D eigenvalue weighted by Crippen LogP contribution is -2.26. The van der Waals surface area contributed by atoms with Crippen molar-refractivity contribution in [3.63, 3.8) is 0 Å². The smallest absolute Gasteiger partial charge is 0.262 e. The van der Waals surface area contributed by atoms with E-state index in [0.29, 0.717) is 11.3 Å². The fourth-order valence-corrected chi connectivity index (χ4v) is 4.08. The molecule has 2 aromatic carbocycles. The van der Waals surface area contributed by atoms with Gasteiger partial charge in [0.1, 0.15) is 5.75 Å². The molecular weight excluding hydrogens is 364 g/mol. The molecule has 0 saturated carbocycles. The molecule has 0 aromatic heterocycles. The minimum absolute atomic E-state index is 0.0881. The van der Waals surface area contributed by atoms with E-state index in [1.54, 1.807) is 31.2 Å². The summed E-state index contributed by atoms with van der Waals surface area (Å²) >= 11 is 0. The fraction of sp³-hybridized carbons (Fsp3) is 0.250. The van der Waals surface area contributed by atoms with Crippen LogP contribution in [-0.4, -0.2) is 37.2 Å². The van der Waals surface area contributed by atoms with Crippen LogP contribution in [-0.2, 0) is 20.0 Å². The Labute approximate surface area is 148 Å². The molecular formula is C16H20N2O5S2. The zero-order chi connectivity index (χ0) is 18.8. The molecule has 0 amide bonds. The van der Waals surface area contributed by atoms with Crippen LogP contribution in [0, 0.1) is 6.92 Å². The number of para-hydroxylation sites is 2. The van der Waals surface area contributed by atoms with Crippen molar-refractivity contribution in [3.05, 3.63) is 48.0 Å². The van der Waals surface area contributed by atoms with E-state index >= 15 is 0 Å². The van der Waals surface area contributed by atoms with Gasteiger partial charge in [0.05, 0.1) is 29.6 Å². The molecule has 0 aliphatic carbocycles. The lowest BCUT2D eigenvalue weighted by atomic mass is 10.2. The maximum absolute atomic E-state index is 12.7. The van der Waals surface area contributed by atoms with Crippen LogP contribution in [0.25, 0.3) is 0 Å². The SMILES string of the molecule is COc1ccc(S(=O)(=O)Nc2ccccc2N(C)S(C)(=O)=O)c(C)c1. The molecule has 0 radical (unpaired) electrons. The zero-order valence-electron chi connectivity index (χ0n) is 14.3. The van der Waals surface area contributed by atoms with Gasteiger partial charge in [-0.3, -0.25) is 9.03 Å². The normalized spacial score (nSPS) is 11.8. The summed E-state index contributed by atoms with van der Waals surface area (Å²) in [5.74, 6) is 0.550. The summed E-state index contributed by atoms with van der Waals surface area (Å²) in [4.78, 5) is 0.0881. The van der Waals surface area contributed by atoms with Crippen LogP contribution in [0.5, 0.6) is 5.75 Å². The van der Waals surface area contributed by atoms with E-state index in [0.717, 1.165) is 10.6 Å². The van der Waals surface area contributed by atoms with E-state index in [1.165, 1.54) is 32.4 Å². The van der Waals surface area contributed by atoms with E-state index in [1.807, 2.05) is 0 Å². The lowest BCUT2D eigenvalue weighted by molar-refractivity contribution is 0.414. The lowest BCUT2D eigenvalue weighted by Gasteiger charge is -2.21. The maximum atomic E-state index is 12.7. The summed E-state index contributed by atoms with van der Waals surface area (Å²) in [6.45, 7) is 1.66. The van der Waals surface area contributed by atoms with E-state index in [2.05, 4.69) is 4.72 Å². The Morgan fingerprint density at radius 1 is 1.04 bits per heavy atom. The quantitative estimate of drug-likeness (QED) is 0.824. The molecule has 9 heteroatoms. The second kappa shape index (κ2) is 6.93. The molecule has 136 valence electrons. The highest BCUT2D eigenvalue weighted by Gasteiger charge is 2.21. The molecule has 1 N–H and O–H groups in total. The zero-order valence-corrected chi connectivity index (χ0v) is 16.0. The standard InChI is InChI=1S/C16H20N2O5S2/c1-12-11-13(23-3)9-10-16(12)25(21,22)17-14-7-5-6-8-15(14)18(2)24(4,19)20/h5-11,17H,1-4H3. The first-order valence-electron chi connectivity index (χ1n) is 7.26. The Balaban J connectivity index is 2.46. The van der Waals surface area contributed by atoms with Crippen molar-refractivity contribution in [2.45, 2.75) is 11.8 Å². The monoisotopic (exact) mass is 384 g/mol. The maximum Gasteiger partial charge on any atom is 0.262 e. The molecule has 0 atom stereocenters. The number of rotatable bonds is 6. The Morgan fingerprint density at radius 3 is 2.24 bits per heavy atom. The van der Waals surface area contributed by atoms with Crippen LogP contribution in [0.3, 0.4) is 0 Å². The van der Waals surface area contributed by atoms with Crippen molar-refractivity contribution >= 4 is 31.4 Å².